The molecule has 214 valence electrons. The number of ether oxygens (including phenoxy) is 2. The summed E-state index contributed by atoms with van der Waals surface area (Å²) in [5, 5.41) is 0. The number of hydrogen-bond donors (Lipinski definition) is 0. The quantitative estimate of drug-likeness (QED) is 0.190. The highest BCUT2D eigenvalue weighted by molar-refractivity contribution is 5.99. The maximum absolute atomic E-state index is 13.8. The molecule has 0 fully saturated rings. The number of carbonyl (C=O) groups excluding carboxylic acids is 2. The topological polar surface area (TPSA) is 59.1 Å². The van der Waals surface area contributed by atoms with Gasteiger partial charge in [-0.2, -0.15) is 0 Å². The first kappa shape index (κ1) is 28.0. The van der Waals surface area contributed by atoms with Crippen LogP contribution in [0.5, 0.6) is 11.5 Å². The molecule has 0 heterocycles. The van der Waals surface area contributed by atoms with Crippen LogP contribution in [0.3, 0.4) is 0 Å². The molecule has 0 N–H and O–H groups in total. The van der Waals surface area contributed by atoms with Gasteiger partial charge in [0.1, 0.15) is 11.5 Å². The van der Waals surface area contributed by atoms with Crippen LogP contribution in [-0.4, -0.2) is 12.2 Å². The summed E-state index contributed by atoms with van der Waals surface area (Å²) < 4.78 is 12.1. The fourth-order valence-electron chi connectivity index (χ4n) is 4.86. The van der Waals surface area contributed by atoms with Crippen molar-refractivity contribution in [3.05, 3.63) is 170 Å². The zero-order valence-electron chi connectivity index (χ0n) is 23.7. The molecule has 6 rings (SSSR count). The largest absolute Gasteiger partial charge is 0.424 e. The third-order valence-electron chi connectivity index (χ3n) is 6.88. The van der Waals surface area contributed by atoms with Crippen molar-refractivity contribution in [3.63, 3.8) is 0 Å². The first-order chi connectivity index (χ1) is 21.7. The van der Waals surface area contributed by atoms with Gasteiger partial charge in [0.05, 0.1) is 22.7 Å². The van der Waals surface area contributed by atoms with E-state index in [1.165, 1.54) is 9.80 Å². The Morgan fingerprint density at radius 2 is 0.591 bits per heavy atom. The molecular weight excluding hydrogens is 548 g/mol. The van der Waals surface area contributed by atoms with Crippen LogP contribution in [0, 0.1) is 0 Å². The van der Waals surface area contributed by atoms with Gasteiger partial charge in [-0.1, -0.05) is 109 Å². The number of anilines is 4. The average Bonchev–Trinajstić information content (AvgIpc) is 3.08. The minimum absolute atomic E-state index is 0.320. The smallest absolute Gasteiger partial charge is 0.409 e. The number of carbonyl (C=O) groups is 2. The normalized spacial score (nSPS) is 10.5. The van der Waals surface area contributed by atoms with Crippen LogP contribution in [0.1, 0.15) is 0 Å². The highest BCUT2D eigenvalue weighted by Crippen LogP contribution is 2.38. The van der Waals surface area contributed by atoms with E-state index in [4.69, 9.17) is 9.47 Å². The number of hydrogen-bond acceptors (Lipinski definition) is 4. The number of benzene rings is 6. The monoisotopic (exact) mass is 576 g/mol. The van der Waals surface area contributed by atoms with E-state index in [0.717, 1.165) is 0 Å². The van der Waals surface area contributed by atoms with E-state index in [-0.39, 0.29) is 0 Å². The molecule has 6 aromatic carbocycles. The Morgan fingerprint density at radius 1 is 0.341 bits per heavy atom. The third kappa shape index (κ3) is 6.20. The fraction of sp³-hybridized carbons (Fsp3) is 0. The number of nitrogens with zero attached hydrogens (tertiary/aromatic N) is 2. The van der Waals surface area contributed by atoms with Gasteiger partial charge in [-0.15, -0.1) is 0 Å². The van der Waals surface area contributed by atoms with E-state index < -0.39 is 12.2 Å². The molecule has 0 saturated heterocycles. The van der Waals surface area contributed by atoms with Crippen LogP contribution in [0.15, 0.2) is 170 Å². The van der Waals surface area contributed by atoms with Crippen LogP contribution in [-0.2, 0) is 0 Å². The average molecular weight is 577 g/mol. The van der Waals surface area contributed by atoms with Gasteiger partial charge in [0.2, 0.25) is 0 Å². The van der Waals surface area contributed by atoms with E-state index in [2.05, 4.69) is 0 Å². The molecule has 0 bridgehead atoms. The van der Waals surface area contributed by atoms with Gasteiger partial charge < -0.3 is 9.47 Å². The van der Waals surface area contributed by atoms with Gasteiger partial charge in [0.25, 0.3) is 0 Å². The Labute approximate surface area is 256 Å². The minimum atomic E-state index is -0.580. The zero-order chi connectivity index (χ0) is 30.1. The lowest BCUT2D eigenvalue weighted by Gasteiger charge is -2.24. The Kier molecular flexibility index (Phi) is 8.42. The molecule has 0 unspecified atom stereocenters. The summed E-state index contributed by atoms with van der Waals surface area (Å²) in [6.07, 6.45) is -1.16. The van der Waals surface area contributed by atoms with Crippen LogP contribution in [0.4, 0.5) is 32.3 Å². The molecule has 0 aliphatic heterocycles. The maximum atomic E-state index is 13.8. The van der Waals surface area contributed by atoms with E-state index >= 15 is 0 Å². The second kappa shape index (κ2) is 13.2. The van der Waals surface area contributed by atoms with Gasteiger partial charge in [-0.05, 0) is 60.7 Å². The lowest BCUT2D eigenvalue weighted by molar-refractivity contribution is 0.209. The predicted molar refractivity (Wildman–Crippen MR) is 174 cm³/mol. The van der Waals surface area contributed by atoms with Crippen molar-refractivity contribution >= 4 is 34.9 Å². The Balaban J connectivity index is 1.33. The lowest BCUT2D eigenvalue weighted by atomic mass is 10.0. The van der Waals surface area contributed by atoms with E-state index in [9.17, 15) is 9.59 Å². The van der Waals surface area contributed by atoms with Crippen molar-refractivity contribution in [2.24, 2.45) is 0 Å². The van der Waals surface area contributed by atoms with Crippen LogP contribution in [0.25, 0.3) is 11.1 Å². The third-order valence-corrected chi connectivity index (χ3v) is 6.88. The molecular formula is C38H28N2O4. The highest BCUT2D eigenvalue weighted by atomic mass is 16.6. The zero-order valence-corrected chi connectivity index (χ0v) is 23.7. The first-order valence-electron chi connectivity index (χ1n) is 14.1. The van der Waals surface area contributed by atoms with Crippen LogP contribution in [0.2, 0.25) is 0 Å². The van der Waals surface area contributed by atoms with Crippen molar-refractivity contribution < 1.29 is 19.1 Å². The second-order valence-electron chi connectivity index (χ2n) is 9.74. The van der Waals surface area contributed by atoms with E-state index in [0.29, 0.717) is 45.4 Å². The molecule has 0 atom stereocenters. The van der Waals surface area contributed by atoms with Gasteiger partial charge >= 0.3 is 12.2 Å². The molecule has 0 spiro atoms. The van der Waals surface area contributed by atoms with Crippen molar-refractivity contribution in [1.29, 1.82) is 0 Å². The van der Waals surface area contributed by atoms with Crippen LogP contribution >= 0.6 is 0 Å². The van der Waals surface area contributed by atoms with Crippen molar-refractivity contribution in [3.8, 4) is 22.6 Å². The summed E-state index contributed by atoms with van der Waals surface area (Å²) in [7, 11) is 0. The minimum Gasteiger partial charge on any atom is -0.409 e. The summed E-state index contributed by atoms with van der Waals surface area (Å²) in [5.74, 6) is 0.640. The second-order valence-corrected chi connectivity index (χ2v) is 9.74. The SMILES string of the molecule is O=C(Oc1ccccc1-c1ccccc1OC(=O)N(c1ccccc1)c1ccccc1)N(c1ccccc1)c1ccccc1. The molecule has 0 aliphatic carbocycles. The van der Waals surface area contributed by atoms with Gasteiger partial charge in [-0.3, -0.25) is 0 Å². The molecule has 2 amide bonds. The van der Waals surface area contributed by atoms with Crippen molar-refractivity contribution in [1.82, 2.24) is 0 Å². The molecule has 44 heavy (non-hydrogen) atoms. The Hall–Kier alpha value is -6.14. The highest BCUT2D eigenvalue weighted by Gasteiger charge is 2.24. The number of para-hydroxylation sites is 6. The molecule has 0 aliphatic rings. The van der Waals surface area contributed by atoms with Gasteiger partial charge in [0.15, 0.2) is 0 Å². The molecule has 6 heteroatoms. The summed E-state index contributed by atoms with van der Waals surface area (Å²) in [6, 6.07) is 51.7. The molecule has 0 saturated carbocycles. The summed E-state index contributed by atoms with van der Waals surface area (Å²) >= 11 is 0. The summed E-state index contributed by atoms with van der Waals surface area (Å²) in [4.78, 5) is 30.6. The number of rotatable bonds is 7. The van der Waals surface area contributed by atoms with E-state index in [1.807, 2.05) is 146 Å². The number of amides is 2. The van der Waals surface area contributed by atoms with Crippen LogP contribution < -0.4 is 19.3 Å². The maximum Gasteiger partial charge on any atom is 0.424 e. The Bertz CT molecular complexity index is 1630. The van der Waals surface area contributed by atoms with Gasteiger partial charge in [0, 0.05) is 11.1 Å². The van der Waals surface area contributed by atoms with Gasteiger partial charge in [-0.25, -0.2) is 19.4 Å². The molecule has 0 aromatic heterocycles. The Morgan fingerprint density at radius 3 is 0.886 bits per heavy atom. The first-order valence-corrected chi connectivity index (χ1v) is 14.1. The molecule has 6 nitrogen and oxygen atoms in total. The summed E-state index contributed by atoms with van der Waals surface area (Å²) in [5.41, 5.74) is 3.84. The van der Waals surface area contributed by atoms with Crippen molar-refractivity contribution in [2.75, 3.05) is 9.80 Å². The van der Waals surface area contributed by atoms with E-state index in [1.54, 1.807) is 24.3 Å². The molecule has 6 aromatic rings. The standard InChI is InChI=1S/C38H28N2O4/c41-37(39(29-17-5-1-6-18-29)30-19-7-2-8-20-30)43-35-27-15-13-25-33(35)34-26-14-16-28-36(34)44-38(42)40(31-21-9-3-10-22-31)32-23-11-4-12-24-32/h1-28H. The molecule has 0 radical (unpaired) electrons. The predicted octanol–water partition coefficient (Wildman–Crippen LogP) is 10.0. The van der Waals surface area contributed by atoms with Crippen molar-refractivity contribution in [2.45, 2.75) is 0 Å². The fourth-order valence-corrected chi connectivity index (χ4v) is 4.86. The summed E-state index contributed by atoms with van der Waals surface area (Å²) in [6.45, 7) is 0. The lowest BCUT2D eigenvalue weighted by Crippen LogP contribution is -2.29.